The fourth-order valence-electron chi connectivity index (χ4n) is 4.73. The molecule has 0 aliphatic heterocycles. The fourth-order valence-corrected chi connectivity index (χ4v) is 7.73. The van der Waals surface area contributed by atoms with Gasteiger partial charge in [0.2, 0.25) is 0 Å². The van der Waals surface area contributed by atoms with Gasteiger partial charge in [0.1, 0.15) is 32.5 Å². The molecule has 5 aromatic carbocycles. The van der Waals surface area contributed by atoms with Crippen LogP contribution in [0.25, 0.3) is 10.8 Å². The Morgan fingerprint density at radius 2 is 1.20 bits per heavy atom. The molecule has 54 heavy (non-hydrogen) atoms. The summed E-state index contributed by atoms with van der Waals surface area (Å²) in [4.78, 5) is 8.51. The van der Waals surface area contributed by atoms with Gasteiger partial charge in [-0.25, -0.2) is 13.2 Å². The lowest BCUT2D eigenvalue weighted by molar-refractivity contribution is 0.0693. The van der Waals surface area contributed by atoms with Crippen LogP contribution in [0.1, 0.15) is 10.4 Å². The first-order valence-electron chi connectivity index (χ1n) is 14.3. The first-order valence-corrected chi connectivity index (χ1v) is 20.1. The van der Waals surface area contributed by atoms with Crippen molar-refractivity contribution in [1.82, 2.24) is 0 Å². The third-order valence-electron chi connectivity index (χ3n) is 7.43. The molecular formula is C30H23N5O15S4. The monoisotopic (exact) mass is 821 g/mol. The zero-order chi connectivity index (χ0) is 40.0. The van der Waals surface area contributed by atoms with Gasteiger partial charge >= 0.3 is 5.97 Å². The third kappa shape index (κ3) is 8.18. The molecule has 0 heterocycles. The summed E-state index contributed by atoms with van der Waals surface area (Å²) in [6.45, 7) is 0. The first-order chi connectivity index (χ1) is 25.0. The highest BCUT2D eigenvalue weighted by Crippen LogP contribution is 2.43. The minimum absolute atomic E-state index is 0.0798. The second-order valence-corrected chi connectivity index (χ2v) is 17.1. The molecule has 0 saturated carbocycles. The van der Waals surface area contributed by atoms with Gasteiger partial charge in [-0.15, -0.1) is 10.2 Å². The van der Waals surface area contributed by atoms with Gasteiger partial charge in [-0.1, -0.05) is 0 Å². The number of nitrogens with zero attached hydrogens (tertiary/aromatic N) is 5. The molecule has 0 fully saturated rings. The van der Waals surface area contributed by atoms with Crippen LogP contribution in [0.2, 0.25) is 0 Å². The second-order valence-electron chi connectivity index (χ2n) is 10.9. The molecule has 20 nitrogen and oxygen atoms in total. The van der Waals surface area contributed by atoms with E-state index in [1.165, 1.54) is 18.2 Å². The minimum Gasteiger partial charge on any atom is -0.507 e. The molecule has 0 spiro atoms. The van der Waals surface area contributed by atoms with Gasteiger partial charge in [0.25, 0.3) is 40.4 Å². The number of aromatic hydroxyl groups is 2. The lowest BCUT2D eigenvalue weighted by Crippen LogP contribution is -2.26. The number of rotatable bonds is 11. The van der Waals surface area contributed by atoms with Gasteiger partial charge in [0.15, 0.2) is 5.75 Å². The Kier molecular flexibility index (Phi) is 10.3. The van der Waals surface area contributed by atoms with E-state index in [4.69, 9.17) is 4.55 Å². The molecule has 0 aliphatic rings. The Hall–Kier alpha value is -5.89. The molecule has 0 radical (unpaired) electrons. The first kappa shape index (κ1) is 39.3. The number of carboxylic acids is 1. The van der Waals surface area contributed by atoms with Crippen molar-refractivity contribution in [3.63, 3.8) is 0 Å². The second kappa shape index (κ2) is 14.2. The van der Waals surface area contributed by atoms with E-state index in [1.54, 1.807) is 0 Å². The smallest absolute Gasteiger partial charge is 0.339 e. The standard InChI is InChI=1S/C30H23N5O15S4/c1-35(51(40,41)21-8-11-25(36)23(15-21)30(38)39)19-5-9-22-16(12-19)13-27(54(48,49)50)28(29(22)37)34-33-24-10-4-18(14-26(24)53(45,46)47)32-31-17-2-6-20(7-3-17)52(42,43)44/h2-15,36-37H,1H3,(H,38,39)(H,42,43,44)(H,45,46,47)(H,48,49,50). The normalized spacial score (nSPS) is 12.8. The molecule has 24 heteroatoms. The number of carboxylic acid groups (broad SMARTS) is 1. The quantitative estimate of drug-likeness (QED) is 0.0723. The Morgan fingerprint density at radius 3 is 1.80 bits per heavy atom. The number of aromatic carboxylic acids is 1. The molecule has 5 aromatic rings. The maximum absolute atomic E-state index is 13.3. The van der Waals surface area contributed by atoms with Gasteiger partial charge in [0, 0.05) is 12.4 Å². The summed E-state index contributed by atoms with van der Waals surface area (Å²) in [5.41, 5.74) is -2.41. The number of anilines is 1. The van der Waals surface area contributed by atoms with Gasteiger partial charge in [-0.3, -0.25) is 18.0 Å². The van der Waals surface area contributed by atoms with Crippen LogP contribution >= 0.6 is 0 Å². The van der Waals surface area contributed by atoms with Gasteiger partial charge in [-0.2, -0.15) is 35.5 Å². The molecule has 282 valence electrons. The van der Waals surface area contributed by atoms with Crippen LogP contribution in [0.15, 0.2) is 125 Å². The van der Waals surface area contributed by atoms with Crippen molar-refractivity contribution in [2.24, 2.45) is 20.5 Å². The number of benzene rings is 5. The van der Waals surface area contributed by atoms with Gasteiger partial charge < -0.3 is 15.3 Å². The zero-order valence-electron chi connectivity index (χ0n) is 26.8. The number of phenols is 2. The molecular weight excluding hydrogens is 799 g/mol. The summed E-state index contributed by atoms with van der Waals surface area (Å²) in [5, 5.41) is 44.7. The van der Waals surface area contributed by atoms with Crippen molar-refractivity contribution < 1.29 is 67.4 Å². The molecule has 0 saturated heterocycles. The predicted molar refractivity (Wildman–Crippen MR) is 187 cm³/mol. The number of hydrogen-bond acceptors (Lipinski definition) is 15. The Balaban J connectivity index is 1.54. The van der Waals surface area contributed by atoms with E-state index >= 15 is 0 Å². The summed E-state index contributed by atoms with van der Waals surface area (Å²) in [7, 11) is -18.2. The predicted octanol–water partition coefficient (Wildman–Crippen LogP) is 5.35. The summed E-state index contributed by atoms with van der Waals surface area (Å²) in [6, 6.07) is 14.1. The van der Waals surface area contributed by atoms with Crippen molar-refractivity contribution in [3.05, 3.63) is 90.5 Å². The van der Waals surface area contributed by atoms with Crippen molar-refractivity contribution in [1.29, 1.82) is 0 Å². The molecule has 5 rings (SSSR count). The highest BCUT2D eigenvalue weighted by Gasteiger charge is 2.27. The maximum Gasteiger partial charge on any atom is 0.339 e. The van der Waals surface area contributed by atoms with E-state index in [1.807, 2.05) is 0 Å². The number of azo groups is 2. The van der Waals surface area contributed by atoms with E-state index in [-0.39, 0.29) is 27.8 Å². The minimum atomic E-state index is -5.23. The number of hydrogen-bond donors (Lipinski definition) is 6. The van der Waals surface area contributed by atoms with Crippen LogP contribution in [0.3, 0.4) is 0 Å². The summed E-state index contributed by atoms with van der Waals surface area (Å²) in [6.07, 6.45) is 0. The summed E-state index contributed by atoms with van der Waals surface area (Å²) < 4.78 is 128. The fraction of sp³-hybridized carbons (Fsp3) is 0.0333. The van der Waals surface area contributed by atoms with Crippen molar-refractivity contribution in [2.45, 2.75) is 19.6 Å². The van der Waals surface area contributed by atoms with Crippen LogP contribution in [0.4, 0.5) is 28.4 Å². The number of sulfonamides is 1. The highest BCUT2D eigenvalue weighted by atomic mass is 32.2. The number of fused-ring (bicyclic) bond motifs is 1. The summed E-state index contributed by atoms with van der Waals surface area (Å²) in [5.74, 6) is -3.20. The molecule has 6 N–H and O–H groups in total. The topological polar surface area (TPSA) is 328 Å². The SMILES string of the molecule is CN(c1ccc2c(O)c(N=Nc3ccc(N=Nc4ccc(S(=O)(=O)O)cc4)cc3S(=O)(=O)O)c(S(=O)(=O)O)cc2c1)S(=O)(=O)c1ccc(O)c(C(=O)O)c1. The molecule has 0 aromatic heterocycles. The maximum atomic E-state index is 13.3. The third-order valence-corrected chi connectivity index (χ3v) is 11.8. The van der Waals surface area contributed by atoms with E-state index in [0.717, 1.165) is 73.8 Å². The van der Waals surface area contributed by atoms with Gasteiger partial charge in [0.05, 0.1) is 26.9 Å². The van der Waals surface area contributed by atoms with E-state index in [2.05, 4.69) is 20.5 Å². The summed E-state index contributed by atoms with van der Waals surface area (Å²) >= 11 is 0. The highest BCUT2D eigenvalue weighted by molar-refractivity contribution is 7.92. The lowest BCUT2D eigenvalue weighted by Gasteiger charge is -2.21. The Bertz CT molecular complexity index is 2880. The van der Waals surface area contributed by atoms with Crippen LogP contribution in [0, 0.1) is 0 Å². The van der Waals surface area contributed by atoms with Crippen LogP contribution in [-0.2, 0) is 40.4 Å². The van der Waals surface area contributed by atoms with E-state index in [0.29, 0.717) is 4.31 Å². The van der Waals surface area contributed by atoms with Crippen molar-refractivity contribution in [3.8, 4) is 11.5 Å². The lowest BCUT2D eigenvalue weighted by atomic mass is 10.1. The van der Waals surface area contributed by atoms with Gasteiger partial charge in [-0.05, 0) is 90.3 Å². The molecule has 0 amide bonds. The largest absolute Gasteiger partial charge is 0.507 e. The molecule has 0 unspecified atom stereocenters. The zero-order valence-corrected chi connectivity index (χ0v) is 30.1. The van der Waals surface area contributed by atoms with Crippen molar-refractivity contribution in [2.75, 3.05) is 11.4 Å². The van der Waals surface area contributed by atoms with E-state index in [9.17, 15) is 62.9 Å². The Morgan fingerprint density at radius 1 is 0.611 bits per heavy atom. The van der Waals surface area contributed by atoms with Crippen LogP contribution in [0.5, 0.6) is 11.5 Å². The molecule has 0 bridgehead atoms. The van der Waals surface area contributed by atoms with E-state index < -0.39 is 94.4 Å². The van der Waals surface area contributed by atoms with Crippen molar-refractivity contribution >= 4 is 85.6 Å². The van der Waals surface area contributed by atoms with Crippen LogP contribution in [-0.4, -0.2) is 75.7 Å². The average molecular weight is 822 g/mol. The number of phenolic OH excluding ortho intramolecular Hbond substituents is 1. The van der Waals surface area contributed by atoms with Crippen LogP contribution < -0.4 is 4.31 Å². The average Bonchev–Trinajstić information content (AvgIpc) is 3.08. The molecule has 0 atom stereocenters. The number of carbonyl (C=O) groups is 1. The molecule has 0 aliphatic carbocycles. The Labute approximate surface area is 305 Å².